The standard InChI is InChI=1S/C44H43N5O8/c1-54-38-18-34-36(46-22-32-16-29(24-48(32)42(34)50)26-6-8-28(9-7-26)44(52)53)20-40(38)56-14-4-3-5-15-57-41-21-37-35(19-39(41)55-2)43(51)49-25-30(17-33(49)23-47-37)27-10-12-31(45)13-11-27/h6-13,18-25,32-33,43,51H,3-5,14-17,45H2,1-2H3,(H,52,53)/t32-,33-,43?/m0/s1. The van der Waals surface area contributed by atoms with Crippen LogP contribution < -0.4 is 24.7 Å². The van der Waals surface area contributed by atoms with Gasteiger partial charge in [-0.3, -0.25) is 14.8 Å². The molecule has 0 aliphatic carbocycles. The number of benzene rings is 4. The lowest BCUT2D eigenvalue weighted by atomic mass is 10.0. The lowest BCUT2D eigenvalue weighted by Gasteiger charge is -2.27. The zero-order valence-electron chi connectivity index (χ0n) is 31.6. The van der Waals surface area contributed by atoms with E-state index in [1.54, 1.807) is 60.7 Å². The molecule has 0 radical (unpaired) electrons. The van der Waals surface area contributed by atoms with Gasteiger partial charge in [-0.15, -0.1) is 0 Å². The number of methoxy groups -OCH3 is 2. The third-order valence-corrected chi connectivity index (χ3v) is 10.7. The highest BCUT2D eigenvalue weighted by Gasteiger charge is 2.35. The number of fused-ring (bicyclic) bond motifs is 4. The van der Waals surface area contributed by atoms with Gasteiger partial charge in [0.1, 0.15) is 0 Å². The summed E-state index contributed by atoms with van der Waals surface area (Å²) in [5.41, 5.74) is 12.9. The number of carboxylic acid groups (broad SMARTS) is 1. The Morgan fingerprint density at radius 1 is 0.754 bits per heavy atom. The van der Waals surface area contributed by atoms with Gasteiger partial charge in [-0.05, 0) is 84.4 Å². The third-order valence-electron chi connectivity index (χ3n) is 10.7. The van der Waals surface area contributed by atoms with Crippen LogP contribution in [0.2, 0.25) is 0 Å². The van der Waals surface area contributed by atoms with E-state index in [1.807, 2.05) is 53.8 Å². The summed E-state index contributed by atoms with van der Waals surface area (Å²) >= 11 is 0. The number of hydrogen-bond acceptors (Lipinski definition) is 11. The molecule has 0 spiro atoms. The van der Waals surface area contributed by atoms with Crippen LogP contribution in [0.5, 0.6) is 23.0 Å². The molecule has 0 fully saturated rings. The van der Waals surface area contributed by atoms with Crippen molar-refractivity contribution in [2.45, 2.75) is 50.4 Å². The maximum absolute atomic E-state index is 13.7. The van der Waals surface area contributed by atoms with E-state index >= 15 is 0 Å². The Bertz CT molecular complexity index is 2320. The SMILES string of the molecule is COc1cc2c(cc1OCCCCCOc1cc3c(cc1OC)C(O)N1C=C(c4ccc(N)cc4)C[C@H]1C=N3)N=C[C@@H]1CC(c3ccc(C(=O)O)cc3)=CN1C2=O. The number of amides is 1. The summed E-state index contributed by atoms with van der Waals surface area (Å²) in [5, 5.41) is 20.7. The fourth-order valence-electron chi connectivity index (χ4n) is 7.56. The molecule has 0 aromatic heterocycles. The number of nitrogen functional groups attached to an aromatic ring is 1. The van der Waals surface area contributed by atoms with E-state index in [2.05, 4.69) is 4.99 Å². The highest BCUT2D eigenvalue weighted by Crippen LogP contribution is 2.44. The van der Waals surface area contributed by atoms with Crippen LogP contribution in [0.3, 0.4) is 0 Å². The Kier molecular flexibility index (Phi) is 10.4. The van der Waals surface area contributed by atoms with E-state index in [-0.39, 0.29) is 23.6 Å². The summed E-state index contributed by atoms with van der Waals surface area (Å²) < 4.78 is 23.6. The van der Waals surface area contributed by atoms with E-state index in [0.717, 1.165) is 41.5 Å². The zero-order chi connectivity index (χ0) is 39.6. The molecule has 57 heavy (non-hydrogen) atoms. The van der Waals surface area contributed by atoms with Crippen LogP contribution in [0.1, 0.15) is 75.7 Å². The van der Waals surface area contributed by atoms with E-state index < -0.39 is 12.2 Å². The van der Waals surface area contributed by atoms with E-state index in [9.17, 15) is 19.8 Å². The predicted molar refractivity (Wildman–Crippen MR) is 217 cm³/mol. The van der Waals surface area contributed by atoms with Crippen molar-refractivity contribution in [1.82, 2.24) is 9.80 Å². The molecule has 0 bridgehead atoms. The summed E-state index contributed by atoms with van der Waals surface area (Å²) in [7, 11) is 3.12. The summed E-state index contributed by atoms with van der Waals surface area (Å²) in [6.07, 6.45) is 10.2. The highest BCUT2D eigenvalue weighted by molar-refractivity contribution is 6.05. The third kappa shape index (κ3) is 7.53. The number of unbranched alkanes of at least 4 members (excludes halogenated alkanes) is 2. The van der Waals surface area contributed by atoms with Gasteiger partial charge >= 0.3 is 5.97 Å². The highest BCUT2D eigenvalue weighted by atomic mass is 16.5. The van der Waals surface area contributed by atoms with Gasteiger partial charge in [0, 0.05) is 54.6 Å². The van der Waals surface area contributed by atoms with Crippen LogP contribution in [0.4, 0.5) is 17.1 Å². The number of aliphatic imine (C=N–C) groups is 2. The molecule has 8 rings (SSSR count). The van der Waals surface area contributed by atoms with E-state index in [4.69, 9.17) is 29.7 Å². The molecule has 0 saturated carbocycles. The Hall–Kier alpha value is -6.60. The fraction of sp³-hybridized carbons (Fsp3) is 0.273. The molecule has 4 aromatic carbocycles. The lowest BCUT2D eigenvalue weighted by Crippen LogP contribution is -2.32. The van der Waals surface area contributed by atoms with Crippen molar-refractivity contribution in [1.29, 1.82) is 0 Å². The minimum atomic E-state index is -0.986. The maximum Gasteiger partial charge on any atom is 0.335 e. The number of carbonyl (C=O) groups is 2. The number of nitrogens with two attached hydrogens (primary N) is 1. The first-order valence-electron chi connectivity index (χ1n) is 18.9. The first-order valence-corrected chi connectivity index (χ1v) is 18.9. The van der Waals surface area contributed by atoms with Crippen molar-refractivity contribution < 1.29 is 38.7 Å². The monoisotopic (exact) mass is 769 g/mol. The minimum Gasteiger partial charge on any atom is -0.493 e. The number of rotatable bonds is 13. The largest absolute Gasteiger partial charge is 0.493 e. The molecule has 13 heteroatoms. The molecule has 4 aliphatic rings. The van der Waals surface area contributed by atoms with Crippen LogP contribution in [0, 0.1) is 0 Å². The second-order valence-corrected chi connectivity index (χ2v) is 14.3. The molecular formula is C44H43N5O8. The molecular weight excluding hydrogens is 727 g/mol. The van der Waals surface area contributed by atoms with Crippen LogP contribution in [-0.2, 0) is 0 Å². The summed E-state index contributed by atoms with van der Waals surface area (Å²) in [4.78, 5) is 38.0. The van der Waals surface area contributed by atoms with Gasteiger partial charge in [-0.1, -0.05) is 24.3 Å². The van der Waals surface area contributed by atoms with Gasteiger partial charge in [-0.2, -0.15) is 0 Å². The average molecular weight is 770 g/mol. The summed E-state index contributed by atoms with van der Waals surface area (Å²) in [6, 6.07) is 21.0. The number of aliphatic hydroxyl groups is 1. The lowest BCUT2D eigenvalue weighted by molar-refractivity contribution is 0.0336. The van der Waals surface area contributed by atoms with Crippen molar-refractivity contribution in [3.05, 3.63) is 113 Å². The molecule has 0 saturated heterocycles. The van der Waals surface area contributed by atoms with Gasteiger partial charge in [0.05, 0.1) is 62.0 Å². The number of hydrogen-bond donors (Lipinski definition) is 3. The van der Waals surface area contributed by atoms with Gasteiger partial charge in [0.2, 0.25) is 0 Å². The normalized spacial score (nSPS) is 19.1. The number of ether oxygens (including phenoxy) is 4. The number of carbonyl (C=O) groups excluding carboxylic acids is 1. The Morgan fingerprint density at radius 3 is 2.00 bits per heavy atom. The molecule has 1 unspecified atom stereocenters. The zero-order valence-corrected chi connectivity index (χ0v) is 31.6. The second-order valence-electron chi connectivity index (χ2n) is 14.3. The van der Waals surface area contributed by atoms with Crippen molar-refractivity contribution >= 4 is 52.5 Å². The van der Waals surface area contributed by atoms with Crippen LogP contribution in [0.15, 0.2) is 95.2 Å². The Morgan fingerprint density at radius 2 is 1.33 bits per heavy atom. The minimum absolute atomic E-state index is 0.0953. The van der Waals surface area contributed by atoms with Gasteiger partial charge in [-0.25, -0.2) is 4.79 Å². The number of nitrogens with zero attached hydrogens (tertiary/aromatic N) is 4. The molecule has 3 atom stereocenters. The number of carboxylic acids is 1. The molecule has 4 aliphatic heterocycles. The molecule has 4 heterocycles. The molecule has 4 aromatic rings. The number of aliphatic hydroxyl groups excluding tert-OH is 1. The summed E-state index contributed by atoms with van der Waals surface area (Å²) in [6.45, 7) is 0.875. The summed E-state index contributed by atoms with van der Waals surface area (Å²) in [5.74, 6) is 0.832. The van der Waals surface area contributed by atoms with E-state index in [0.29, 0.717) is 77.2 Å². The predicted octanol–water partition coefficient (Wildman–Crippen LogP) is 7.41. The van der Waals surface area contributed by atoms with Crippen LogP contribution >= 0.6 is 0 Å². The second kappa shape index (κ2) is 15.9. The maximum atomic E-state index is 13.7. The van der Waals surface area contributed by atoms with Crippen molar-refractivity contribution in [3.63, 3.8) is 0 Å². The smallest absolute Gasteiger partial charge is 0.335 e. The van der Waals surface area contributed by atoms with Gasteiger partial charge in [0.25, 0.3) is 5.91 Å². The van der Waals surface area contributed by atoms with Crippen molar-refractivity contribution in [2.75, 3.05) is 33.2 Å². The molecule has 1 amide bonds. The first kappa shape index (κ1) is 37.3. The Labute approximate surface area is 330 Å². The van der Waals surface area contributed by atoms with Gasteiger partial charge in [0.15, 0.2) is 29.2 Å². The Balaban J connectivity index is 0.847. The molecule has 292 valence electrons. The van der Waals surface area contributed by atoms with Crippen LogP contribution in [-0.4, -0.2) is 83.8 Å². The number of aromatic carboxylic acids is 1. The topological polar surface area (TPSA) is 169 Å². The quantitative estimate of drug-likeness (QED) is 0.0920. The average Bonchev–Trinajstić information content (AvgIpc) is 3.80. The van der Waals surface area contributed by atoms with Gasteiger partial charge < -0.3 is 44.7 Å². The first-order chi connectivity index (χ1) is 27.7. The molecule has 13 nitrogen and oxygen atoms in total. The van der Waals surface area contributed by atoms with Crippen LogP contribution in [0.25, 0.3) is 11.1 Å². The van der Waals surface area contributed by atoms with Crippen molar-refractivity contribution in [2.24, 2.45) is 9.98 Å². The molecule has 4 N–H and O–H groups in total. The van der Waals surface area contributed by atoms with E-state index in [1.165, 1.54) is 7.11 Å². The fourth-order valence-corrected chi connectivity index (χ4v) is 7.56. The van der Waals surface area contributed by atoms with Crippen molar-refractivity contribution in [3.8, 4) is 23.0 Å². The number of anilines is 1.